The third-order valence-corrected chi connectivity index (χ3v) is 3.61. The highest BCUT2D eigenvalue weighted by atomic mass is 32.2. The van der Waals surface area contributed by atoms with Crippen molar-refractivity contribution in [1.29, 1.82) is 0 Å². The van der Waals surface area contributed by atoms with E-state index in [1.807, 2.05) is 18.4 Å². The summed E-state index contributed by atoms with van der Waals surface area (Å²) in [5.41, 5.74) is 6.59. The van der Waals surface area contributed by atoms with Crippen LogP contribution in [0.2, 0.25) is 0 Å². The molecular weight excluding hydrogens is 244 g/mol. The summed E-state index contributed by atoms with van der Waals surface area (Å²) in [6, 6.07) is 8.15. The van der Waals surface area contributed by atoms with Crippen LogP contribution in [0.1, 0.15) is 31.2 Å². The molecule has 0 spiro atoms. The molecule has 0 atom stereocenters. The van der Waals surface area contributed by atoms with Crippen molar-refractivity contribution in [1.82, 2.24) is 5.32 Å². The number of nitrogens with one attached hydrogen (secondary N) is 1. The summed E-state index contributed by atoms with van der Waals surface area (Å²) >= 11 is 1.71. The van der Waals surface area contributed by atoms with Gasteiger partial charge in [-0.05, 0) is 37.3 Å². The normalized spacial score (nSPS) is 10.3. The number of rotatable bonds is 8. The van der Waals surface area contributed by atoms with E-state index in [9.17, 15) is 4.79 Å². The first-order valence-electron chi connectivity index (χ1n) is 6.36. The van der Waals surface area contributed by atoms with Gasteiger partial charge in [-0.2, -0.15) is 0 Å². The van der Waals surface area contributed by atoms with Gasteiger partial charge in [0, 0.05) is 17.9 Å². The minimum Gasteiger partial charge on any atom is -0.352 e. The zero-order chi connectivity index (χ0) is 13.2. The second-order valence-corrected chi connectivity index (χ2v) is 5.04. The fraction of sp³-hybridized carbons (Fsp3) is 0.500. The smallest absolute Gasteiger partial charge is 0.220 e. The van der Waals surface area contributed by atoms with Gasteiger partial charge in [-0.15, -0.1) is 11.8 Å². The summed E-state index contributed by atoms with van der Waals surface area (Å²) in [7, 11) is 0. The van der Waals surface area contributed by atoms with Crippen molar-refractivity contribution in [2.24, 2.45) is 5.73 Å². The topological polar surface area (TPSA) is 55.1 Å². The van der Waals surface area contributed by atoms with Gasteiger partial charge in [-0.25, -0.2) is 0 Å². The van der Waals surface area contributed by atoms with Gasteiger partial charge >= 0.3 is 0 Å². The minimum absolute atomic E-state index is 0.128. The van der Waals surface area contributed by atoms with E-state index in [-0.39, 0.29) is 5.91 Å². The Labute approximate surface area is 114 Å². The summed E-state index contributed by atoms with van der Waals surface area (Å²) in [5.74, 6) is 0.128. The van der Waals surface area contributed by atoms with Gasteiger partial charge in [0.05, 0.1) is 0 Å². The van der Waals surface area contributed by atoms with Crippen LogP contribution in [0.4, 0.5) is 0 Å². The Kier molecular flexibility index (Phi) is 7.53. The van der Waals surface area contributed by atoms with Gasteiger partial charge in [0.15, 0.2) is 0 Å². The lowest BCUT2D eigenvalue weighted by Crippen LogP contribution is -2.22. The second kappa shape index (κ2) is 9.00. The van der Waals surface area contributed by atoms with E-state index >= 15 is 0 Å². The number of carbonyl (C=O) groups is 1. The maximum absolute atomic E-state index is 11.6. The van der Waals surface area contributed by atoms with E-state index in [1.165, 1.54) is 10.5 Å². The zero-order valence-corrected chi connectivity index (χ0v) is 11.8. The third kappa shape index (κ3) is 5.56. The molecule has 3 nitrogen and oxygen atoms in total. The lowest BCUT2D eigenvalue weighted by molar-refractivity contribution is -0.121. The molecule has 0 fully saturated rings. The molecule has 0 aliphatic rings. The van der Waals surface area contributed by atoms with E-state index in [4.69, 9.17) is 5.73 Å². The molecule has 0 aromatic heterocycles. The van der Waals surface area contributed by atoms with Crippen LogP contribution >= 0.6 is 11.8 Å². The second-order valence-electron chi connectivity index (χ2n) is 4.19. The molecule has 0 saturated carbocycles. The fourth-order valence-corrected chi connectivity index (χ4v) is 2.35. The van der Waals surface area contributed by atoms with E-state index in [0.29, 0.717) is 19.5 Å². The van der Waals surface area contributed by atoms with Crippen LogP contribution in [0.5, 0.6) is 0 Å². The van der Waals surface area contributed by atoms with E-state index in [1.54, 1.807) is 11.8 Å². The lowest BCUT2D eigenvalue weighted by Gasteiger charge is -2.08. The van der Waals surface area contributed by atoms with Crippen LogP contribution in [0.3, 0.4) is 0 Å². The molecule has 18 heavy (non-hydrogen) atoms. The van der Waals surface area contributed by atoms with Gasteiger partial charge < -0.3 is 11.1 Å². The van der Waals surface area contributed by atoms with Crippen LogP contribution in [0.25, 0.3) is 0 Å². The Morgan fingerprint density at radius 2 is 2.06 bits per heavy atom. The van der Waals surface area contributed by atoms with Crippen molar-refractivity contribution >= 4 is 17.7 Å². The molecule has 0 radical (unpaired) electrons. The molecule has 1 rings (SSSR count). The average molecular weight is 266 g/mol. The number of hydrogen-bond donors (Lipinski definition) is 2. The van der Waals surface area contributed by atoms with Gasteiger partial charge in [-0.1, -0.05) is 24.6 Å². The lowest BCUT2D eigenvalue weighted by atomic mass is 10.2. The number of carbonyl (C=O) groups excluding carboxylic acids is 1. The maximum Gasteiger partial charge on any atom is 0.220 e. The molecule has 3 N–H and O–H groups in total. The number of hydrogen-bond acceptors (Lipinski definition) is 3. The van der Waals surface area contributed by atoms with Crippen LogP contribution in [-0.4, -0.2) is 18.7 Å². The third-order valence-electron chi connectivity index (χ3n) is 2.78. The van der Waals surface area contributed by atoms with Crippen molar-refractivity contribution in [3.8, 4) is 0 Å². The first-order valence-corrected chi connectivity index (χ1v) is 7.59. The van der Waals surface area contributed by atoms with Gasteiger partial charge in [0.1, 0.15) is 0 Å². The van der Waals surface area contributed by atoms with E-state index < -0.39 is 0 Å². The minimum atomic E-state index is 0.128. The molecule has 4 heteroatoms. The summed E-state index contributed by atoms with van der Waals surface area (Å²) < 4.78 is 0. The summed E-state index contributed by atoms with van der Waals surface area (Å²) in [6.45, 7) is 1.33. The Morgan fingerprint density at radius 1 is 1.28 bits per heavy atom. The first kappa shape index (κ1) is 15.1. The highest BCUT2D eigenvalue weighted by molar-refractivity contribution is 7.98. The summed E-state index contributed by atoms with van der Waals surface area (Å²) in [5, 5.41) is 2.97. The predicted octanol–water partition coefficient (Wildman–Crippen LogP) is 2.54. The largest absolute Gasteiger partial charge is 0.352 e. The number of thioether (sulfide) groups is 1. The SMILES string of the molecule is CSc1ccccc1CNC(=O)CCCCCN. The fourth-order valence-electron chi connectivity index (χ4n) is 1.74. The molecule has 0 unspecified atom stereocenters. The van der Waals surface area contributed by atoms with Crippen molar-refractivity contribution in [3.05, 3.63) is 29.8 Å². The highest BCUT2D eigenvalue weighted by Crippen LogP contribution is 2.19. The molecule has 0 aliphatic carbocycles. The average Bonchev–Trinajstić information content (AvgIpc) is 2.41. The monoisotopic (exact) mass is 266 g/mol. The van der Waals surface area contributed by atoms with Crippen molar-refractivity contribution in [2.75, 3.05) is 12.8 Å². The van der Waals surface area contributed by atoms with Crippen molar-refractivity contribution in [2.45, 2.75) is 37.1 Å². The van der Waals surface area contributed by atoms with E-state index in [2.05, 4.69) is 17.4 Å². The van der Waals surface area contributed by atoms with E-state index in [0.717, 1.165) is 19.3 Å². The molecule has 1 amide bonds. The van der Waals surface area contributed by atoms with Crippen LogP contribution in [0, 0.1) is 0 Å². The Balaban J connectivity index is 2.29. The molecular formula is C14H22N2OS. The van der Waals surface area contributed by atoms with Crippen LogP contribution in [0.15, 0.2) is 29.2 Å². The number of unbranched alkanes of at least 4 members (excludes halogenated alkanes) is 2. The molecule has 1 aromatic rings. The molecule has 0 saturated heterocycles. The van der Waals surface area contributed by atoms with Crippen LogP contribution < -0.4 is 11.1 Å². The number of amides is 1. The quantitative estimate of drug-likeness (QED) is 0.561. The van der Waals surface area contributed by atoms with Crippen molar-refractivity contribution < 1.29 is 4.79 Å². The Hall–Kier alpha value is -1.00. The molecule has 100 valence electrons. The predicted molar refractivity (Wildman–Crippen MR) is 77.6 cm³/mol. The summed E-state index contributed by atoms with van der Waals surface area (Å²) in [4.78, 5) is 12.9. The van der Waals surface area contributed by atoms with Gasteiger partial charge in [0.25, 0.3) is 0 Å². The molecule has 0 bridgehead atoms. The van der Waals surface area contributed by atoms with Gasteiger partial charge in [-0.3, -0.25) is 4.79 Å². The standard InChI is InChI=1S/C14H22N2OS/c1-18-13-8-5-4-7-12(13)11-16-14(17)9-3-2-6-10-15/h4-5,7-8H,2-3,6,9-11,15H2,1H3,(H,16,17). The molecule has 0 aliphatic heterocycles. The number of benzene rings is 1. The Bertz CT molecular complexity index is 369. The number of nitrogens with two attached hydrogens (primary N) is 1. The first-order chi connectivity index (χ1) is 8.77. The molecule has 0 heterocycles. The van der Waals surface area contributed by atoms with Crippen LogP contribution in [-0.2, 0) is 11.3 Å². The zero-order valence-electron chi connectivity index (χ0n) is 10.9. The highest BCUT2D eigenvalue weighted by Gasteiger charge is 2.03. The summed E-state index contributed by atoms with van der Waals surface area (Å²) in [6.07, 6.45) is 5.61. The van der Waals surface area contributed by atoms with Gasteiger partial charge in [0.2, 0.25) is 5.91 Å². The Morgan fingerprint density at radius 3 is 2.78 bits per heavy atom. The molecule has 1 aromatic carbocycles. The maximum atomic E-state index is 11.6. The van der Waals surface area contributed by atoms with Crippen molar-refractivity contribution in [3.63, 3.8) is 0 Å².